The van der Waals surface area contributed by atoms with Crippen LogP contribution in [-0.2, 0) is 29.0 Å². The molecule has 1 atom stereocenters. The molecule has 2 aromatic heterocycles. The molecule has 0 bridgehead atoms. The van der Waals surface area contributed by atoms with Gasteiger partial charge in [-0.05, 0) is 62.6 Å². The Bertz CT molecular complexity index is 2050. The fourth-order valence-electron chi connectivity index (χ4n) is 6.58. The maximum Gasteiger partial charge on any atom is 0.309 e. The second kappa shape index (κ2) is 14.4. The minimum Gasteiger partial charge on any atom is -0.491 e. The molecule has 6 rings (SSSR count). The van der Waals surface area contributed by atoms with Gasteiger partial charge in [0.1, 0.15) is 12.4 Å². The third kappa shape index (κ3) is 7.91. The number of carboxylic acids is 1. The topological polar surface area (TPSA) is 107 Å². The van der Waals surface area contributed by atoms with Crippen molar-refractivity contribution in [1.29, 1.82) is 0 Å². The lowest BCUT2D eigenvalue weighted by molar-refractivity contribution is -0.146. The number of nitrogens with zero attached hydrogens (tertiary/aromatic N) is 4. The van der Waals surface area contributed by atoms with Gasteiger partial charge in [-0.15, -0.1) is 11.8 Å². The van der Waals surface area contributed by atoms with Crippen LogP contribution in [-0.4, -0.2) is 55.5 Å². The van der Waals surface area contributed by atoms with E-state index in [4.69, 9.17) is 9.47 Å². The van der Waals surface area contributed by atoms with E-state index in [-0.39, 0.29) is 16.7 Å². The quantitative estimate of drug-likeness (QED) is 0.129. The van der Waals surface area contributed by atoms with Gasteiger partial charge in [-0.1, -0.05) is 63.2 Å². The van der Waals surface area contributed by atoms with Crippen LogP contribution >= 0.6 is 11.8 Å². The van der Waals surface area contributed by atoms with Crippen molar-refractivity contribution >= 4 is 40.2 Å². The number of fused-ring (bicyclic) bond motifs is 2. The molecule has 9 nitrogen and oxygen atoms in total. The lowest BCUT2D eigenvalue weighted by atomic mass is 9.88. The summed E-state index contributed by atoms with van der Waals surface area (Å²) >= 11 is 1.74. The van der Waals surface area contributed by atoms with Gasteiger partial charge in [0.15, 0.2) is 11.6 Å². The summed E-state index contributed by atoms with van der Waals surface area (Å²) in [7, 11) is 0. The zero-order chi connectivity index (χ0) is 36.5. The number of rotatable bonds is 12. The third-order valence-corrected chi connectivity index (χ3v) is 10.3. The summed E-state index contributed by atoms with van der Waals surface area (Å²) in [5.74, 6) is 1.11. The fourth-order valence-corrected chi connectivity index (χ4v) is 7.76. The number of ether oxygens (including phenoxy) is 2. The summed E-state index contributed by atoms with van der Waals surface area (Å²) in [6.07, 6.45) is 4.44. The molecule has 3 aromatic carbocycles. The van der Waals surface area contributed by atoms with E-state index in [2.05, 4.69) is 65.6 Å². The normalized spacial score (nSPS) is 14.5. The molecule has 0 radical (unpaired) electrons. The van der Waals surface area contributed by atoms with E-state index in [1.54, 1.807) is 44.9 Å². The molecule has 3 heterocycles. The first kappa shape index (κ1) is 36.0. The van der Waals surface area contributed by atoms with Crippen LogP contribution in [0.25, 0.3) is 22.3 Å². The number of benzene rings is 3. The van der Waals surface area contributed by atoms with Crippen LogP contribution in [0.3, 0.4) is 0 Å². The van der Waals surface area contributed by atoms with Crippen LogP contribution in [0, 0.1) is 5.41 Å². The second-order valence-corrected chi connectivity index (χ2v) is 16.5. The average Bonchev–Trinajstić information content (AvgIpc) is 3.58. The third-order valence-electron chi connectivity index (χ3n) is 9.03. The molecule has 1 aliphatic rings. The smallest absolute Gasteiger partial charge is 0.309 e. The van der Waals surface area contributed by atoms with Crippen molar-refractivity contribution in [2.24, 2.45) is 5.41 Å². The standard InChI is InChI=1S/C41H46N4O5S/c1-8-49-32-22-42-38(43-23-32)28-15-13-27(14-16-28)24-44-35-18-17-31(50-25-30-19-29-11-9-10-12-34(29)45(30)26(2)46)20-33(35)37(51-40(3,4)5)36(44)21-41(6,7)39(47)48/h9-18,20,22-23,30H,8,19,21,24-25H2,1-7H3,(H,47,48). The SMILES string of the molecule is CCOc1cnc(-c2ccc(Cn3c(CC(C)(C)C(=O)O)c(SC(C)(C)C)c4cc(OCC5Cc6ccccc6N5C(C)=O)ccc43)cc2)nc1. The molecule has 0 saturated carbocycles. The number of carbonyl (C=O) groups is 2. The van der Waals surface area contributed by atoms with E-state index in [1.807, 2.05) is 48.2 Å². The number of carboxylic acid groups (broad SMARTS) is 1. The zero-order valence-electron chi connectivity index (χ0n) is 30.4. The van der Waals surface area contributed by atoms with Crippen LogP contribution in [0.1, 0.15) is 65.3 Å². The lowest BCUT2D eigenvalue weighted by Gasteiger charge is -2.24. The number of carbonyl (C=O) groups excluding carboxylic acids is 1. The molecular formula is C41H46N4O5S. The Morgan fingerprint density at radius 3 is 2.29 bits per heavy atom. The number of thioether (sulfide) groups is 1. The molecule has 0 saturated heterocycles. The van der Waals surface area contributed by atoms with Gasteiger partial charge in [0.25, 0.3) is 0 Å². The van der Waals surface area contributed by atoms with Gasteiger partial charge < -0.3 is 24.0 Å². The molecule has 1 aliphatic heterocycles. The van der Waals surface area contributed by atoms with Crippen molar-refractivity contribution < 1.29 is 24.2 Å². The van der Waals surface area contributed by atoms with Crippen molar-refractivity contribution in [3.8, 4) is 22.9 Å². The van der Waals surface area contributed by atoms with Crippen LogP contribution in [0.15, 0.2) is 84.0 Å². The molecule has 0 spiro atoms. The van der Waals surface area contributed by atoms with Crippen molar-refractivity contribution in [2.75, 3.05) is 18.1 Å². The molecule has 51 heavy (non-hydrogen) atoms. The van der Waals surface area contributed by atoms with Gasteiger partial charge >= 0.3 is 5.97 Å². The van der Waals surface area contributed by atoms with E-state index < -0.39 is 11.4 Å². The first-order valence-corrected chi connectivity index (χ1v) is 18.2. The summed E-state index contributed by atoms with van der Waals surface area (Å²) in [6, 6.07) is 22.2. The average molecular weight is 707 g/mol. The summed E-state index contributed by atoms with van der Waals surface area (Å²) in [5, 5.41) is 11.2. The van der Waals surface area contributed by atoms with Gasteiger partial charge in [-0.2, -0.15) is 0 Å². The van der Waals surface area contributed by atoms with Gasteiger partial charge in [-0.3, -0.25) is 9.59 Å². The van der Waals surface area contributed by atoms with E-state index in [9.17, 15) is 14.7 Å². The largest absolute Gasteiger partial charge is 0.491 e. The molecule has 1 unspecified atom stereocenters. The first-order chi connectivity index (χ1) is 24.2. The van der Waals surface area contributed by atoms with E-state index in [0.717, 1.165) is 50.3 Å². The highest BCUT2D eigenvalue weighted by molar-refractivity contribution is 8.00. The highest BCUT2D eigenvalue weighted by atomic mass is 32.2. The minimum absolute atomic E-state index is 0.00401. The molecule has 10 heteroatoms. The molecular weight excluding hydrogens is 661 g/mol. The number of aromatic nitrogens is 3. The molecule has 5 aromatic rings. The number of hydrogen-bond acceptors (Lipinski definition) is 7. The van der Waals surface area contributed by atoms with Crippen molar-refractivity contribution in [3.63, 3.8) is 0 Å². The Kier molecular flexibility index (Phi) is 10.2. The Labute approximate surface area is 304 Å². The summed E-state index contributed by atoms with van der Waals surface area (Å²) < 4.78 is 14.1. The second-order valence-electron chi connectivity index (χ2n) is 14.7. The van der Waals surface area contributed by atoms with E-state index >= 15 is 0 Å². The van der Waals surface area contributed by atoms with Crippen LogP contribution in [0.2, 0.25) is 0 Å². The maximum atomic E-state index is 12.7. The summed E-state index contributed by atoms with van der Waals surface area (Å²) in [5.41, 5.74) is 5.02. The van der Waals surface area contributed by atoms with Gasteiger partial charge in [-0.25, -0.2) is 9.97 Å². The number of aliphatic carboxylic acids is 1. The minimum atomic E-state index is -0.999. The maximum absolute atomic E-state index is 12.7. The number of hydrogen-bond donors (Lipinski definition) is 1. The Balaban J connectivity index is 1.36. The molecule has 266 valence electrons. The summed E-state index contributed by atoms with van der Waals surface area (Å²) in [6.45, 7) is 15.0. The molecule has 1 amide bonds. The number of anilines is 1. The monoisotopic (exact) mass is 706 g/mol. The van der Waals surface area contributed by atoms with Crippen LogP contribution in [0.4, 0.5) is 5.69 Å². The van der Waals surface area contributed by atoms with E-state index in [0.29, 0.717) is 43.5 Å². The van der Waals surface area contributed by atoms with E-state index in [1.165, 1.54) is 0 Å². The van der Waals surface area contributed by atoms with Crippen molar-refractivity contribution in [2.45, 2.75) is 83.5 Å². The fraction of sp³-hybridized carbons (Fsp3) is 0.366. The summed E-state index contributed by atoms with van der Waals surface area (Å²) in [4.78, 5) is 37.0. The Morgan fingerprint density at radius 2 is 1.65 bits per heavy atom. The Morgan fingerprint density at radius 1 is 0.941 bits per heavy atom. The number of para-hydroxylation sites is 1. The van der Waals surface area contributed by atoms with Crippen molar-refractivity contribution in [3.05, 3.63) is 95.9 Å². The lowest BCUT2D eigenvalue weighted by Crippen LogP contribution is -2.40. The van der Waals surface area contributed by atoms with Gasteiger partial charge in [0, 0.05) is 57.4 Å². The highest BCUT2D eigenvalue weighted by Crippen LogP contribution is 2.44. The van der Waals surface area contributed by atoms with Crippen molar-refractivity contribution in [1.82, 2.24) is 14.5 Å². The first-order valence-electron chi connectivity index (χ1n) is 17.4. The van der Waals surface area contributed by atoms with Crippen LogP contribution < -0.4 is 14.4 Å². The zero-order valence-corrected chi connectivity index (χ0v) is 31.2. The predicted molar refractivity (Wildman–Crippen MR) is 203 cm³/mol. The molecule has 0 aliphatic carbocycles. The predicted octanol–water partition coefficient (Wildman–Crippen LogP) is 8.45. The van der Waals surface area contributed by atoms with Crippen LogP contribution in [0.5, 0.6) is 11.5 Å². The van der Waals surface area contributed by atoms with Gasteiger partial charge in [0.2, 0.25) is 5.91 Å². The molecule has 0 fully saturated rings. The Hall–Kier alpha value is -4.83. The molecule has 1 N–H and O–H groups in total. The van der Waals surface area contributed by atoms with Gasteiger partial charge in [0.05, 0.1) is 30.5 Å². The highest BCUT2D eigenvalue weighted by Gasteiger charge is 2.34. The number of amides is 1.